The van der Waals surface area contributed by atoms with Crippen LogP contribution in [0.1, 0.15) is 5.56 Å². The molecule has 1 atom stereocenters. The van der Waals surface area contributed by atoms with Crippen LogP contribution in [-0.2, 0) is 11.2 Å². The molecule has 4 rings (SSSR count). The van der Waals surface area contributed by atoms with Crippen LogP contribution < -0.4 is 10.6 Å². The number of piperazine rings is 1. The summed E-state index contributed by atoms with van der Waals surface area (Å²) in [7, 11) is 0. The molecular weight excluding hydrogens is 399 g/mol. The fraction of sp³-hybridized carbons (Fsp3) is 0.316. The highest BCUT2D eigenvalue weighted by Crippen LogP contribution is 2.30. The molecule has 0 bridgehead atoms. The van der Waals surface area contributed by atoms with Crippen molar-refractivity contribution in [2.24, 2.45) is 5.73 Å². The Balaban J connectivity index is 1.40. The van der Waals surface area contributed by atoms with Gasteiger partial charge in [0, 0.05) is 37.4 Å². The molecule has 9 heteroatoms. The molecule has 0 radical (unpaired) electrons. The van der Waals surface area contributed by atoms with Gasteiger partial charge in [-0.2, -0.15) is 0 Å². The van der Waals surface area contributed by atoms with E-state index in [4.69, 9.17) is 28.9 Å². The molecule has 2 aromatic heterocycles. The van der Waals surface area contributed by atoms with Crippen molar-refractivity contribution in [3.8, 4) is 0 Å². The van der Waals surface area contributed by atoms with E-state index in [1.165, 1.54) is 6.33 Å². The fourth-order valence-electron chi connectivity index (χ4n) is 3.48. The Kier molecular flexibility index (Phi) is 5.39. The molecule has 7 nitrogen and oxygen atoms in total. The van der Waals surface area contributed by atoms with Crippen LogP contribution in [0.4, 0.5) is 5.82 Å². The lowest BCUT2D eigenvalue weighted by Gasteiger charge is -2.36. The predicted octanol–water partition coefficient (Wildman–Crippen LogP) is 2.48. The number of aromatic nitrogens is 3. The highest BCUT2D eigenvalue weighted by Gasteiger charge is 2.27. The number of hydrogen-bond donors (Lipinski definition) is 2. The van der Waals surface area contributed by atoms with Crippen molar-refractivity contribution in [2.75, 3.05) is 31.1 Å². The monoisotopic (exact) mass is 418 g/mol. The smallest absolute Gasteiger partial charge is 0.239 e. The molecule has 0 unspecified atom stereocenters. The molecule has 3 heterocycles. The Morgan fingerprint density at radius 2 is 1.86 bits per heavy atom. The van der Waals surface area contributed by atoms with Crippen LogP contribution in [0.25, 0.3) is 11.0 Å². The van der Waals surface area contributed by atoms with Gasteiger partial charge in [-0.05, 0) is 24.1 Å². The maximum atomic E-state index is 12.7. The standard InChI is InChI=1S/C19H20Cl2N6O/c20-13-3-1-12(2-4-13)9-15(22)19(28)27-7-5-26(6-8-27)18-16-14(21)10-23-17(16)24-11-25-18/h1-4,10-11,15H,5-9,22H2,(H,23,24,25)/t15-/m1/s1. The quantitative estimate of drug-likeness (QED) is 0.678. The Morgan fingerprint density at radius 1 is 1.14 bits per heavy atom. The Morgan fingerprint density at radius 3 is 2.57 bits per heavy atom. The first-order chi connectivity index (χ1) is 13.5. The van der Waals surface area contributed by atoms with E-state index in [-0.39, 0.29) is 5.91 Å². The van der Waals surface area contributed by atoms with Crippen LogP contribution in [0.2, 0.25) is 10.0 Å². The normalized spacial score (nSPS) is 15.8. The van der Waals surface area contributed by atoms with E-state index in [9.17, 15) is 4.79 Å². The molecule has 1 aromatic carbocycles. The van der Waals surface area contributed by atoms with Crippen molar-refractivity contribution < 1.29 is 4.79 Å². The number of H-pyrrole nitrogens is 1. The summed E-state index contributed by atoms with van der Waals surface area (Å²) in [6.45, 7) is 2.49. The molecule has 1 aliphatic rings. The number of carbonyl (C=O) groups is 1. The number of benzene rings is 1. The van der Waals surface area contributed by atoms with Crippen LogP contribution in [0.5, 0.6) is 0 Å². The van der Waals surface area contributed by atoms with Crippen LogP contribution in [0.3, 0.4) is 0 Å². The van der Waals surface area contributed by atoms with E-state index < -0.39 is 6.04 Å². The zero-order valence-corrected chi connectivity index (χ0v) is 16.6. The van der Waals surface area contributed by atoms with Gasteiger partial charge in [-0.1, -0.05) is 35.3 Å². The minimum absolute atomic E-state index is 0.0397. The third-order valence-corrected chi connectivity index (χ3v) is 5.53. The van der Waals surface area contributed by atoms with Crippen molar-refractivity contribution in [3.63, 3.8) is 0 Å². The molecule has 0 aliphatic carbocycles. The summed E-state index contributed by atoms with van der Waals surface area (Å²) in [6.07, 6.45) is 3.71. The largest absolute Gasteiger partial charge is 0.352 e. The van der Waals surface area contributed by atoms with E-state index in [0.29, 0.717) is 48.3 Å². The van der Waals surface area contributed by atoms with Crippen LogP contribution in [0.15, 0.2) is 36.8 Å². The van der Waals surface area contributed by atoms with Gasteiger partial charge in [0.05, 0.1) is 16.5 Å². The first-order valence-corrected chi connectivity index (χ1v) is 9.80. The first-order valence-electron chi connectivity index (χ1n) is 9.04. The number of fused-ring (bicyclic) bond motifs is 1. The van der Waals surface area contributed by atoms with Gasteiger partial charge in [-0.15, -0.1) is 0 Å². The van der Waals surface area contributed by atoms with Gasteiger partial charge in [0.1, 0.15) is 17.8 Å². The van der Waals surface area contributed by atoms with Crippen molar-refractivity contribution in [1.29, 1.82) is 0 Å². The van der Waals surface area contributed by atoms with Gasteiger partial charge in [-0.3, -0.25) is 4.79 Å². The van der Waals surface area contributed by atoms with Crippen molar-refractivity contribution in [2.45, 2.75) is 12.5 Å². The summed E-state index contributed by atoms with van der Waals surface area (Å²) >= 11 is 12.2. The molecule has 1 amide bonds. The van der Waals surface area contributed by atoms with E-state index in [1.807, 2.05) is 17.0 Å². The zero-order chi connectivity index (χ0) is 19.7. The van der Waals surface area contributed by atoms with Crippen molar-refractivity contribution in [3.05, 3.63) is 52.4 Å². The lowest BCUT2D eigenvalue weighted by molar-refractivity contribution is -0.132. The summed E-state index contributed by atoms with van der Waals surface area (Å²) in [5.41, 5.74) is 7.87. The molecule has 1 saturated heterocycles. The number of aromatic amines is 1. The van der Waals surface area contributed by atoms with E-state index in [1.54, 1.807) is 18.3 Å². The minimum atomic E-state index is -0.572. The topological polar surface area (TPSA) is 91.1 Å². The SMILES string of the molecule is N[C@H](Cc1ccc(Cl)cc1)C(=O)N1CCN(c2ncnc3[nH]cc(Cl)c23)CC1. The second-order valence-electron chi connectivity index (χ2n) is 6.81. The number of carbonyl (C=O) groups excluding carboxylic acids is 1. The minimum Gasteiger partial charge on any atom is -0.352 e. The molecule has 146 valence electrons. The number of halogens is 2. The lowest BCUT2D eigenvalue weighted by atomic mass is 10.1. The molecule has 28 heavy (non-hydrogen) atoms. The van der Waals surface area contributed by atoms with Gasteiger partial charge in [-0.25, -0.2) is 9.97 Å². The van der Waals surface area contributed by atoms with Gasteiger partial charge in [0.15, 0.2) is 0 Å². The highest BCUT2D eigenvalue weighted by atomic mass is 35.5. The first kappa shape index (κ1) is 19.0. The predicted molar refractivity (Wildman–Crippen MR) is 111 cm³/mol. The number of hydrogen-bond acceptors (Lipinski definition) is 5. The van der Waals surface area contributed by atoms with E-state index >= 15 is 0 Å². The molecule has 3 N–H and O–H groups in total. The van der Waals surface area contributed by atoms with Crippen molar-refractivity contribution in [1.82, 2.24) is 19.9 Å². The number of nitrogens with two attached hydrogens (primary N) is 1. The summed E-state index contributed by atoms with van der Waals surface area (Å²) in [5.74, 6) is 0.746. The summed E-state index contributed by atoms with van der Waals surface area (Å²) in [6, 6.07) is 6.84. The lowest BCUT2D eigenvalue weighted by Crippen LogP contribution is -2.53. The van der Waals surface area contributed by atoms with Gasteiger partial charge in [0.2, 0.25) is 5.91 Å². The van der Waals surface area contributed by atoms with Crippen molar-refractivity contribution >= 4 is 46.0 Å². The zero-order valence-electron chi connectivity index (χ0n) is 15.1. The molecular formula is C19H20Cl2N6O. The third kappa shape index (κ3) is 3.78. The van der Waals surface area contributed by atoms with Gasteiger partial charge < -0.3 is 20.5 Å². The summed E-state index contributed by atoms with van der Waals surface area (Å²) in [4.78, 5) is 28.3. The number of rotatable bonds is 4. The number of nitrogens with one attached hydrogen (secondary N) is 1. The van der Waals surface area contributed by atoms with E-state index in [0.717, 1.165) is 16.8 Å². The van der Waals surface area contributed by atoms with Crippen LogP contribution >= 0.6 is 23.2 Å². The Labute approximate surface area is 172 Å². The molecule has 1 aliphatic heterocycles. The maximum Gasteiger partial charge on any atom is 0.239 e. The molecule has 1 fully saturated rings. The molecule has 0 spiro atoms. The van der Waals surface area contributed by atoms with Gasteiger partial charge in [0.25, 0.3) is 0 Å². The average molecular weight is 419 g/mol. The average Bonchev–Trinajstić information content (AvgIpc) is 3.10. The molecule has 0 saturated carbocycles. The summed E-state index contributed by atoms with van der Waals surface area (Å²) < 4.78 is 0. The number of anilines is 1. The molecule has 3 aromatic rings. The van der Waals surface area contributed by atoms with Gasteiger partial charge >= 0.3 is 0 Å². The number of amides is 1. The second kappa shape index (κ2) is 7.95. The highest BCUT2D eigenvalue weighted by molar-refractivity contribution is 6.36. The Hall–Kier alpha value is -2.35. The Bertz CT molecular complexity index is 982. The third-order valence-electron chi connectivity index (χ3n) is 4.98. The summed E-state index contributed by atoms with van der Waals surface area (Å²) in [5, 5.41) is 2.07. The maximum absolute atomic E-state index is 12.7. The van der Waals surface area contributed by atoms with E-state index in [2.05, 4.69) is 19.9 Å². The second-order valence-corrected chi connectivity index (χ2v) is 7.65. The van der Waals surface area contributed by atoms with Crippen LogP contribution in [0, 0.1) is 0 Å². The van der Waals surface area contributed by atoms with Crippen LogP contribution in [-0.4, -0.2) is 58.0 Å². The fourth-order valence-corrected chi connectivity index (χ4v) is 3.84. The number of nitrogens with zero attached hydrogens (tertiary/aromatic N) is 4.